The van der Waals surface area contributed by atoms with E-state index in [1.807, 2.05) is 19.9 Å². The topological polar surface area (TPSA) is 21.3 Å². The van der Waals surface area contributed by atoms with E-state index in [0.29, 0.717) is 5.56 Å². The van der Waals surface area contributed by atoms with Gasteiger partial charge in [0.1, 0.15) is 5.82 Å². The van der Waals surface area contributed by atoms with Gasteiger partial charge in [0.05, 0.1) is 12.1 Å². The van der Waals surface area contributed by atoms with Gasteiger partial charge in [-0.3, -0.25) is 0 Å². The zero-order valence-electron chi connectivity index (χ0n) is 10.5. The fourth-order valence-electron chi connectivity index (χ4n) is 1.95. The van der Waals surface area contributed by atoms with Gasteiger partial charge in [-0.1, -0.05) is 29.8 Å². The van der Waals surface area contributed by atoms with E-state index in [2.05, 4.69) is 21.2 Å². The van der Waals surface area contributed by atoms with Gasteiger partial charge in [0.15, 0.2) is 0 Å². The highest BCUT2D eigenvalue weighted by molar-refractivity contribution is 9.10. The molecule has 0 aliphatic rings. The number of benzene rings is 1. The number of methoxy groups -OCH3 is 1. The largest absolute Gasteiger partial charge is 0.379 e. The van der Waals surface area contributed by atoms with Crippen LogP contribution in [0.3, 0.4) is 0 Å². The van der Waals surface area contributed by atoms with Gasteiger partial charge >= 0.3 is 0 Å². The van der Waals surface area contributed by atoms with Gasteiger partial charge < -0.3 is 10.1 Å². The molecule has 0 radical (unpaired) electrons. The Hall–Kier alpha value is -0.450. The highest BCUT2D eigenvalue weighted by Gasteiger charge is 2.23. The minimum absolute atomic E-state index is 0.0289. The van der Waals surface area contributed by atoms with Crippen LogP contribution in [-0.2, 0) is 4.74 Å². The minimum atomic E-state index is -0.199. The lowest BCUT2D eigenvalue weighted by molar-refractivity contribution is 0.0644. The summed E-state index contributed by atoms with van der Waals surface area (Å²) in [5.74, 6) is -0.199. The smallest absolute Gasteiger partial charge is 0.128 e. The number of hydrogen-bond donors (Lipinski definition) is 1. The summed E-state index contributed by atoms with van der Waals surface area (Å²) in [4.78, 5) is 0. The Labute approximate surface area is 111 Å². The highest BCUT2D eigenvalue weighted by Crippen LogP contribution is 2.26. The summed E-state index contributed by atoms with van der Waals surface area (Å²) >= 11 is 3.37. The number of nitrogens with one attached hydrogen (secondary N) is 1. The number of likely N-dealkylation sites (N-methyl/N-ethyl adjacent to an activating group) is 1. The molecule has 0 amide bonds. The summed E-state index contributed by atoms with van der Waals surface area (Å²) in [6.07, 6.45) is 0.805. The van der Waals surface area contributed by atoms with E-state index in [0.717, 1.165) is 17.4 Å². The average molecular weight is 304 g/mol. The Morgan fingerprint density at radius 1 is 1.41 bits per heavy atom. The molecule has 0 saturated heterocycles. The predicted molar refractivity (Wildman–Crippen MR) is 71.6 cm³/mol. The third-order valence-corrected chi connectivity index (χ3v) is 3.29. The maximum atomic E-state index is 13.9. The summed E-state index contributed by atoms with van der Waals surface area (Å²) in [6.45, 7) is 4.82. The normalized spacial score (nSPS) is 14.6. The van der Waals surface area contributed by atoms with Crippen molar-refractivity contribution in [3.63, 3.8) is 0 Å². The monoisotopic (exact) mass is 303 g/mol. The molecule has 2 atom stereocenters. The molecule has 0 aromatic heterocycles. The summed E-state index contributed by atoms with van der Waals surface area (Å²) in [5.41, 5.74) is 0.648. The van der Waals surface area contributed by atoms with Gasteiger partial charge in [-0.2, -0.15) is 0 Å². The lowest BCUT2D eigenvalue weighted by Crippen LogP contribution is -2.33. The second kappa shape index (κ2) is 7.09. The van der Waals surface area contributed by atoms with E-state index in [4.69, 9.17) is 4.74 Å². The molecule has 2 unspecified atom stereocenters. The first kappa shape index (κ1) is 14.6. The van der Waals surface area contributed by atoms with E-state index in [9.17, 15) is 4.39 Å². The van der Waals surface area contributed by atoms with Crippen LogP contribution in [0.4, 0.5) is 4.39 Å². The zero-order valence-corrected chi connectivity index (χ0v) is 12.1. The molecule has 0 fully saturated rings. The molecule has 17 heavy (non-hydrogen) atoms. The molecule has 96 valence electrons. The Kier molecular flexibility index (Phi) is 6.09. The second-order valence-corrected chi connectivity index (χ2v) is 4.80. The predicted octanol–water partition coefficient (Wildman–Crippen LogP) is 3.66. The van der Waals surface area contributed by atoms with Gasteiger partial charge in [-0.15, -0.1) is 0 Å². The maximum Gasteiger partial charge on any atom is 0.128 e. The molecule has 0 heterocycles. The van der Waals surface area contributed by atoms with Crippen LogP contribution in [-0.4, -0.2) is 19.8 Å². The summed E-state index contributed by atoms with van der Waals surface area (Å²) < 4.78 is 20.2. The van der Waals surface area contributed by atoms with Crippen molar-refractivity contribution in [2.75, 3.05) is 13.7 Å². The SMILES string of the molecule is CCNC(c1cc(Br)ccc1F)C(CC)OC. The van der Waals surface area contributed by atoms with Crippen molar-refractivity contribution < 1.29 is 9.13 Å². The first-order valence-corrected chi connectivity index (χ1v) is 6.64. The molecule has 1 aromatic carbocycles. The Morgan fingerprint density at radius 2 is 2.12 bits per heavy atom. The molecule has 1 rings (SSSR count). The summed E-state index contributed by atoms with van der Waals surface area (Å²) in [7, 11) is 1.66. The Morgan fingerprint density at radius 3 is 2.65 bits per heavy atom. The van der Waals surface area contributed by atoms with Crippen molar-refractivity contribution in [1.82, 2.24) is 5.32 Å². The van der Waals surface area contributed by atoms with Crippen molar-refractivity contribution in [1.29, 1.82) is 0 Å². The van der Waals surface area contributed by atoms with Gasteiger partial charge in [-0.05, 0) is 31.2 Å². The zero-order chi connectivity index (χ0) is 12.8. The number of rotatable bonds is 6. The van der Waals surface area contributed by atoms with Gasteiger partial charge in [0.25, 0.3) is 0 Å². The van der Waals surface area contributed by atoms with Gasteiger partial charge in [0.2, 0.25) is 0 Å². The molecule has 4 heteroatoms. The van der Waals surface area contributed by atoms with Crippen LogP contribution in [0.25, 0.3) is 0 Å². The molecular formula is C13H19BrFNO. The Bertz CT molecular complexity index is 355. The fraction of sp³-hybridized carbons (Fsp3) is 0.538. The van der Waals surface area contributed by atoms with Crippen molar-refractivity contribution in [3.05, 3.63) is 34.1 Å². The van der Waals surface area contributed by atoms with Gasteiger partial charge in [-0.25, -0.2) is 4.39 Å². The molecule has 0 aliphatic heterocycles. The number of halogens is 2. The van der Waals surface area contributed by atoms with Gasteiger partial charge in [0, 0.05) is 17.1 Å². The third-order valence-electron chi connectivity index (χ3n) is 2.79. The molecule has 0 aliphatic carbocycles. The lowest BCUT2D eigenvalue weighted by Gasteiger charge is -2.26. The van der Waals surface area contributed by atoms with E-state index in [1.165, 1.54) is 6.07 Å². The van der Waals surface area contributed by atoms with E-state index in [-0.39, 0.29) is 18.0 Å². The summed E-state index contributed by atoms with van der Waals surface area (Å²) in [5, 5.41) is 3.28. The second-order valence-electron chi connectivity index (χ2n) is 3.88. The summed E-state index contributed by atoms with van der Waals surface area (Å²) in [6, 6.07) is 4.87. The molecule has 1 N–H and O–H groups in total. The average Bonchev–Trinajstić information content (AvgIpc) is 2.33. The van der Waals surface area contributed by atoms with Crippen molar-refractivity contribution >= 4 is 15.9 Å². The molecule has 2 nitrogen and oxygen atoms in total. The van der Waals surface area contributed by atoms with Crippen molar-refractivity contribution in [3.8, 4) is 0 Å². The Balaban J connectivity index is 3.07. The van der Waals surface area contributed by atoms with Crippen LogP contribution in [0.5, 0.6) is 0 Å². The van der Waals surface area contributed by atoms with E-state index >= 15 is 0 Å². The first-order valence-electron chi connectivity index (χ1n) is 5.85. The molecule has 0 bridgehead atoms. The van der Waals surface area contributed by atoms with Crippen molar-refractivity contribution in [2.45, 2.75) is 32.4 Å². The molecule has 0 saturated carbocycles. The van der Waals surface area contributed by atoms with E-state index < -0.39 is 0 Å². The van der Waals surface area contributed by atoms with Crippen LogP contribution in [0.2, 0.25) is 0 Å². The highest BCUT2D eigenvalue weighted by atomic mass is 79.9. The maximum absolute atomic E-state index is 13.9. The number of ether oxygens (including phenoxy) is 1. The first-order chi connectivity index (χ1) is 8.13. The standard InChI is InChI=1S/C13H19BrFNO/c1-4-12(17-3)13(16-5-2)10-8-9(14)6-7-11(10)15/h6-8,12-13,16H,4-5H2,1-3H3. The van der Waals surface area contributed by atoms with Crippen LogP contribution >= 0.6 is 15.9 Å². The fourth-order valence-corrected chi connectivity index (χ4v) is 2.33. The van der Waals surface area contributed by atoms with Crippen LogP contribution < -0.4 is 5.32 Å². The van der Waals surface area contributed by atoms with Crippen LogP contribution in [0, 0.1) is 5.82 Å². The van der Waals surface area contributed by atoms with Crippen LogP contribution in [0.15, 0.2) is 22.7 Å². The molecule has 0 spiro atoms. The third kappa shape index (κ3) is 3.76. The lowest BCUT2D eigenvalue weighted by atomic mass is 9.99. The molecule has 1 aromatic rings. The minimum Gasteiger partial charge on any atom is -0.379 e. The number of hydrogen-bond acceptors (Lipinski definition) is 2. The molecular weight excluding hydrogens is 285 g/mol. The quantitative estimate of drug-likeness (QED) is 0.866. The van der Waals surface area contributed by atoms with Crippen molar-refractivity contribution in [2.24, 2.45) is 0 Å². The van der Waals surface area contributed by atoms with Crippen LogP contribution in [0.1, 0.15) is 31.9 Å². The van der Waals surface area contributed by atoms with E-state index in [1.54, 1.807) is 13.2 Å².